The summed E-state index contributed by atoms with van der Waals surface area (Å²) in [5.41, 5.74) is 5.97. The molecule has 1 saturated carbocycles. The quantitative estimate of drug-likeness (QED) is 0.770. The third-order valence-electron chi connectivity index (χ3n) is 5.08. The van der Waals surface area contributed by atoms with Crippen LogP contribution in [0, 0.1) is 5.92 Å². The van der Waals surface area contributed by atoms with Gasteiger partial charge in [0.25, 0.3) is 0 Å². The Morgan fingerprint density at radius 3 is 2.25 bits per heavy atom. The number of hydrogen-bond donors (Lipinski definition) is 1. The highest BCUT2D eigenvalue weighted by atomic mass is 35.5. The van der Waals surface area contributed by atoms with Crippen molar-refractivity contribution in [3.05, 3.63) is 0 Å². The minimum Gasteiger partial charge on any atom is -0.339 e. The van der Waals surface area contributed by atoms with Gasteiger partial charge in [-0.15, -0.1) is 12.4 Å². The molecule has 1 saturated heterocycles. The molecule has 1 atom stereocenters. The first-order chi connectivity index (χ1) is 11.1. The van der Waals surface area contributed by atoms with E-state index in [1.807, 2.05) is 16.1 Å². The van der Waals surface area contributed by atoms with Crippen LogP contribution in [0.5, 0.6) is 0 Å². The lowest BCUT2D eigenvalue weighted by atomic mass is 9.86. The maximum absolute atomic E-state index is 12.4. The van der Waals surface area contributed by atoms with Crippen LogP contribution in [0.25, 0.3) is 0 Å². The maximum Gasteiger partial charge on any atom is 0.239 e. The molecular weight excluding hydrogens is 346 g/mol. The number of carbonyl (C=O) groups excluding carboxylic acids is 2. The van der Waals surface area contributed by atoms with Crippen molar-refractivity contribution >= 4 is 36.0 Å². The highest BCUT2D eigenvalue weighted by Crippen LogP contribution is 2.27. The van der Waals surface area contributed by atoms with Crippen LogP contribution in [0.3, 0.4) is 0 Å². The summed E-state index contributed by atoms with van der Waals surface area (Å²) < 4.78 is 0. The molecule has 2 fully saturated rings. The average Bonchev–Trinajstić information content (AvgIpc) is 2.60. The molecule has 0 radical (unpaired) electrons. The van der Waals surface area contributed by atoms with Crippen molar-refractivity contribution in [3.8, 4) is 0 Å². The van der Waals surface area contributed by atoms with Gasteiger partial charge in [-0.1, -0.05) is 19.3 Å². The molecule has 0 aromatic carbocycles. The SMILES string of the molecule is CSCC[C@H](N)C(=O)N1CCN(C(=O)CC2CCCCC2)CC1.Cl. The number of carbonyl (C=O) groups is 2. The summed E-state index contributed by atoms with van der Waals surface area (Å²) >= 11 is 1.71. The average molecular weight is 378 g/mol. The molecule has 2 amide bonds. The smallest absolute Gasteiger partial charge is 0.239 e. The van der Waals surface area contributed by atoms with E-state index in [2.05, 4.69) is 0 Å². The van der Waals surface area contributed by atoms with Crippen LogP contribution in [0.15, 0.2) is 0 Å². The van der Waals surface area contributed by atoms with Crippen LogP contribution in [0.1, 0.15) is 44.9 Å². The van der Waals surface area contributed by atoms with Crippen molar-refractivity contribution in [2.75, 3.05) is 38.2 Å². The van der Waals surface area contributed by atoms with Crippen LogP contribution in [-0.2, 0) is 9.59 Å². The summed E-state index contributed by atoms with van der Waals surface area (Å²) in [4.78, 5) is 28.5. The maximum atomic E-state index is 12.4. The molecule has 2 rings (SSSR count). The Morgan fingerprint density at radius 2 is 1.67 bits per heavy atom. The standard InChI is InChI=1S/C17H31N3O2S.ClH/c1-23-12-7-15(18)17(22)20-10-8-19(9-11-20)16(21)13-14-5-3-2-4-6-14;/h14-15H,2-13,18H2,1H3;1H/t15-;/m0./s1. The molecule has 2 N–H and O–H groups in total. The minimum atomic E-state index is -0.396. The third-order valence-corrected chi connectivity index (χ3v) is 5.73. The molecule has 0 aromatic rings. The number of halogens is 1. The molecule has 5 nitrogen and oxygen atoms in total. The van der Waals surface area contributed by atoms with E-state index in [1.165, 1.54) is 32.1 Å². The highest BCUT2D eigenvalue weighted by molar-refractivity contribution is 7.98. The topological polar surface area (TPSA) is 66.6 Å². The molecule has 1 heterocycles. The van der Waals surface area contributed by atoms with E-state index in [0.717, 1.165) is 12.2 Å². The second-order valence-corrected chi connectivity index (χ2v) is 7.79. The van der Waals surface area contributed by atoms with Gasteiger partial charge in [-0.2, -0.15) is 11.8 Å². The fourth-order valence-electron chi connectivity index (χ4n) is 3.55. The third kappa shape index (κ3) is 6.45. The van der Waals surface area contributed by atoms with Crippen LogP contribution in [-0.4, -0.2) is 65.8 Å². The molecule has 7 heteroatoms. The number of amides is 2. The summed E-state index contributed by atoms with van der Waals surface area (Å²) in [5, 5.41) is 0. The van der Waals surface area contributed by atoms with E-state index in [0.29, 0.717) is 38.5 Å². The largest absolute Gasteiger partial charge is 0.339 e. The second kappa shape index (κ2) is 11.2. The normalized spacial score (nSPS) is 20.4. The van der Waals surface area contributed by atoms with E-state index in [1.54, 1.807) is 11.8 Å². The zero-order valence-corrected chi connectivity index (χ0v) is 16.4. The molecular formula is C17H32ClN3O2S. The lowest BCUT2D eigenvalue weighted by molar-refractivity contribution is -0.141. The molecule has 1 aliphatic heterocycles. The van der Waals surface area contributed by atoms with Crippen molar-refractivity contribution in [1.29, 1.82) is 0 Å². The Kier molecular flexibility index (Phi) is 10.1. The fraction of sp³-hybridized carbons (Fsp3) is 0.882. The van der Waals surface area contributed by atoms with E-state index in [9.17, 15) is 9.59 Å². The molecule has 140 valence electrons. The zero-order valence-electron chi connectivity index (χ0n) is 14.7. The lowest BCUT2D eigenvalue weighted by Crippen LogP contribution is -2.54. The summed E-state index contributed by atoms with van der Waals surface area (Å²) in [6.45, 7) is 2.57. The van der Waals surface area contributed by atoms with Crippen LogP contribution < -0.4 is 5.73 Å². The summed E-state index contributed by atoms with van der Waals surface area (Å²) in [6, 6.07) is -0.396. The summed E-state index contributed by atoms with van der Waals surface area (Å²) in [5.74, 6) is 1.80. The zero-order chi connectivity index (χ0) is 16.7. The van der Waals surface area contributed by atoms with Gasteiger partial charge in [-0.3, -0.25) is 9.59 Å². The van der Waals surface area contributed by atoms with Gasteiger partial charge in [0.15, 0.2) is 0 Å². The molecule has 2 aliphatic rings. The number of rotatable bonds is 6. The summed E-state index contributed by atoms with van der Waals surface area (Å²) in [7, 11) is 0. The molecule has 0 aromatic heterocycles. The van der Waals surface area contributed by atoms with Gasteiger partial charge >= 0.3 is 0 Å². The van der Waals surface area contributed by atoms with Crippen molar-refractivity contribution in [2.45, 2.75) is 51.0 Å². The monoisotopic (exact) mass is 377 g/mol. The Labute approximate surface area is 156 Å². The predicted octanol–water partition coefficient (Wildman–Crippen LogP) is 2.13. The number of thioether (sulfide) groups is 1. The number of nitrogens with zero attached hydrogens (tertiary/aromatic N) is 2. The van der Waals surface area contributed by atoms with E-state index in [-0.39, 0.29) is 24.2 Å². The van der Waals surface area contributed by atoms with E-state index < -0.39 is 6.04 Å². The first kappa shape index (κ1) is 21.6. The molecule has 1 aliphatic carbocycles. The van der Waals surface area contributed by atoms with Gasteiger partial charge in [0.2, 0.25) is 11.8 Å². The predicted molar refractivity (Wildman–Crippen MR) is 103 cm³/mol. The molecule has 0 bridgehead atoms. The Morgan fingerprint density at radius 1 is 1.08 bits per heavy atom. The Bertz CT molecular complexity index is 397. The van der Waals surface area contributed by atoms with Gasteiger partial charge in [0, 0.05) is 32.6 Å². The van der Waals surface area contributed by atoms with Gasteiger partial charge < -0.3 is 15.5 Å². The van der Waals surface area contributed by atoms with Crippen LogP contribution >= 0.6 is 24.2 Å². The van der Waals surface area contributed by atoms with Gasteiger partial charge in [0.1, 0.15) is 0 Å². The van der Waals surface area contributed by atoms with Crippen molar-refractivity contribution in [2.24, 2.45) is 11.7 Å². The number of nitrogens with two attached hydrogens (primary N) is 1. The first-order valence-corrected chi connectivity index (χ1v) is 10.3. The summed E-state index contributed by atoms with van der Waals surface area (Å²) in [6.07, 6.45) is 9.71. The molecule has 0 spiro atoms. The number of hydrogen-bond acceptors (Lipinski definition) is 4. The molecule has 24 heavy (non-hydrogen) atoms. The fourth-order valence-corrected chi connectivity index (χ4v) is 4.04. The first-order valence-electron chi connectivity index (χ1n) is 8.93. The number of piperazine rings is 1. The second-order valence-electron chi connectivity index (χ2n) is 6.80. The van der Waals surface area contributed by atoms with E-state index in [4.69, 9.17) is 5.73 Å². The van der Waals surface area contributed by atoms with E-state index >= 15 is 0 Å². The van der Waals surface area contributed by atoms with Crippen molar-refractivity contribution in [3.63, 3.8) is 0 Å². The molecule has 0 unspecified atom stereocenters. The highest BCUT2D eigenvalue weighted by Gasteiger charge is 2.28. The Hall–Kier alpha value is -0.460. The lowest BCUT2D eigenvalue weighted by Gasteiger charge is -2.36. The van der Waals surface area contributed by atoms with Crippen LogP contribution in [0.4, 0.5) is 0 Å². The van der Waals surface area contributed by atoms with Crippen molar-refractivity contribution < 1.29 is 9.59 Å². The van der Waals surface area contributed by atoms with Crippen LogP contribution in [0.2, 0.25) is 0 Å². The minimum absolute atomic E-state index is 0. The van der Waals surface area contributed by atoms with Gasteiger partial charge in [-0.25, -0.2) is 0 Å². The Balaban J connectivity index is 0.00000288. The van der Waals surface area contributed by atoms with Gasteiger partial charge in [-0.05, 0) is 37.2 Å². The van der Waals surface area contributed by atoms with Crippen molar-refractivity contribution in [1.82, 2.24) is 9.80 Å². The van der Waals surface area contributed by atoms with Gasteiger partial charge in [0.05, 0.1) is 6.04 Å².